The Morgan fingerprint density at radius 3 is 2.81 bits per heavy atom. The molecular formula is C19H21N3O3S. The number of ether oxygens (including phenoxy) is 1. The highest BCUT2D eigenvalue weighted by Gasteiger charge is 2.11. The lowest BCUT2D eigenvalue weighted by Gasteiger charge is -2.18. The summed E-state index contributed by atoms with van der Waals surface area (Å²) in [6.45, 7) is 3.25. The van der Waals surface area contributed by atoms with E-state index < -0.39 is 0 Å². The zero-order valence-electron chi connectivity index (χ0n) is 14.8. The third kappa shape index (κ3) is 4.29. The van der Waals surface area contributed by atoms with Crippen LogP contribution in [0.3, 0.4) is 0 Å². The molecule has 2 heterocycles. The smallest absolute Gasteiger partial charge is 0.262 e. The van der Waals surface area contributed by atoms with E-state index in [0.717, 1.165) is 10.6 Å². The summed E-state index contributed by atoms with van der Waals surface area (Å²) in [7, 11) is 1.74. The monoisotopic (exact) mass is 371 g/mol. The van der Waals surface area contributed by atoms with Gasteiger partial charge in [0.2, 0.25) is 5.91 Å². The van der Waals surface area contributed by atoms with Crippen LogP contribution in [0, 0.1) is 6.92 Å². The average Bonchev–Trinajstić information content (AvgIpc) is 3.12. The van der Waals surface area contributed by atoms with Crippen molar-refractivity contribution in [1.29, 1.82) is 0 Å². The van der Waals surface area contributed by atoms with Crippen LogP contribution in [-0.2, 0) is 11.3 Å². The second kappa shape index (κ2) is 8.14. The Labute approximate surface area is 155 Å². The molecule has 6 nitrogen and oxygen atoms in total. The van der Waals surface area contributed by atoms with E-state index in [0.29, 0.717) is 25.1 Å². The average molecular weight is 371 g/mol. The van der Waals surface area contributed by atoms with Gasteiger partial charge in [-0.2, -0.15) is 0 Å². The molecule has 0 aliphatic heterocycles. The van der Waals surface area contributed by atoms with Gasteiger partial charge in [-0.05, 0) is 30.5 Å². The van der Waals surface area contributed by atoms with Gasteiger partial charge in [-0.3, -0.25) is 14.2 Å². The number of aromatic nitrogens is 2. The van der Waals surface area contributed by atoms with Crippen molar-refractivity contribution in [2.24, 2.45) is 0 Å². The molecule has 0 N–H and O–H groups in total. The normalized spacial score (nSPS) is 10.8. The number of benzene rings is 1. The molecule has 0 fully saturated rings. The molecule has 2 aromatic heterocycles. The summed E-state index contributed by atoms with van der Waals surface area (Å²) < 4.78 is 7.13. The van der Waals surface area contributed by atoms with Crippen LogP contribution in [0.2, 0.25) is 0 Å². The number of nitrogens with zero attached hydrogens (tertiary/aromatic N) is 3. The Balaban J connectivity index is 1.48. The predicted octanol–water partition coefficient (Wildman–Crippen LogP) is 2.69. The highest BCUT2D eigenvalue weighted by molar-refractivity contribution is 7.16. The summed E-state index contributed by atoms with van der Waals surface area (Å²) in [5.74, 6) is 0.757. The SMILES string of the molecule is Cc1ccc(OCCN(C)C(=O)CCn2cnc3sccc3c2=O)cc1. The molecule has 0 unspecified atom stereocenters. The Morgan fingerprint density at radius 2 is 2.04 bits per heavy atom. The fraction of sp³-hybridized carbons (Fsp3) is 0.316. The zero-order chi connectivity index (χ0) is 18.5. The molecule has 0 atom stereocenters. The number of amides is 1. The van der Waals surface area contributed by atoms with Crippen LogP contribution in [0.4, 0.5) is 0 Å². The van der Waals surface area contributed by atoms with Crippen LogP contribution in [0.25, 0.3) is 10.2 Å². The molecule has 136 valence electrons. The molecule has 0 radical (unpaired) electrons. The lowest BCUT2D eigenvalue weighted by molar-refractivity contribution is -0.130. The van der Waals surface area contributed by atoms with E-state index in [-0.39, 0.29) is 17.9 Å². The maximum atomic E-state index is 12.3. The highest BCUT2D eigenvalue weighted by Crippen LogP contribution is 2.13. The van der Waals surface area contributed by atoms with Gasteiger partial charge in [0.25, 0.3) is 5.56 Å². The quantitative estimate of drug-likeness (QED) is 0.641. The molecule has 0 aliphatic carbocycles. The van der Waals surface area contributed by atoms with E-state index in [1.165, 1.54) is 27.8 Å². The number of thiophene rings is 1. The fourth-order valence-electron chi connectivity index (χ4n) is 2.52. The van der Waals surface area contributed by atoms with Gasteiger partial charge in [0, 0.05) is 20.0 Å². The maximum Gasteiger partial charge on any atom is 0.262 e. The summed E-state index contributed by atoms with van der Waals surface area (Å²) in [5, 5.41) is 2.45. The van der Waals surface area contributed by atoms with Crippen molar-refractivity contribution in [3.63, 3.8) is 0 Å². The van der Waals surface area contributed by atoms with Gasteiger partial charge in [0.05, 0.1) is 18.3 Å². The number of carbonyl (C=O) groups excluding carboxylic acids is 1. The number of likely N-dealkylation sites (N-methyl/N-ethyl adjacent to an activating group) is 1. The summed E-state index contributed by atoms with van der Waals surface area (Å²) >= 11 is 1.43. The third-order valence-corrected chi connectivity index (χ3v) is 4.98. The maximum absolute atomic E-state index is 12.3. The largest absolute Gasteiger partial charge is 0.492 e. The Kier molecular flexibility index (Phi) is 5.68. The van der Waals surface area contributed by atoms with Gasteiger partial charge in [0.15, 0.2) is 0 Å². The molecule has 1 aromatic carbocycles. The summed E-state index contributed by atoms with van der Waals surface area (Å²) in [6.07, 6.45) is 1.76. The molecule has 0 bridgehead atoms. The molecule has 1 amide bonds. The third-order valence-electron chi connectivity index (χ3n) is 4.16. The molecule has 0 saturated carbocycles. The van der Waals surface area contributed by atoms with Gasteiger partial charge >= 0.3 is 0 Å². The van der Waals surface area contributed by atoms with E-state index in [9.17, 15) is 9.59 Å². The lowest BCUT2D eigenvalue weighted by atomic mass is 10.2. The van der Waals surface area contributed by atoms with Crippen molar-refractivity contribution >= 4 is 27.5 Å². The van der Waals surface area contributed by atoms with Crippen molar-refractivity contribution in [1.82, 2.24) is 14.5 Å². The van der Waals surface area contributed by atoms with Gasteiger partial charge in [-0.15, -0.1) is 11.3 Å². The van der Waals surface area contributed by atoms with Crippen LogP contribution in [0.1, 0.15) is 12.0 Å². The highest BCUT2D eigenvalue weighted by atomic mass is 32.1. The summed E-state index contributed by atoms with van der Waals surface area (Å²) in [4.78, 5) is 31.2. The second-order valence-electron chi connectivity index (χ2n) is 6.11. The number of hydrogen-bond acceptors (Lipinski definition) is 5. The Bertz CT molecular complexity index is 947. The molecule has 0 aliphatic rings. The number of rotatable bonds is 7. The molecule has 7 heteroatoms. The van der Waals surface area contributed by atoms with Crippen LogP contribution >= 0.6 is 11.3 Å². The van der Waals surface area contributed by atoms with Gasteiger partial charge < -0.3 is 9.64 Å². The minimum atomic E-state index is -0.102. The van der Waals surface area contributed by atoms with Crippen molar-refractivity contribution < 1.29 is 9.53 Å². The Morgan fingerprint density at radius 1 is 1.27 bits per heavy atom. The minimum Gasteiger partial charge on any atom is -0.492 e. The molecular weight excluding hydrogens is 350 g/mol. The van der Waals surface area contributed by atoms with Gasteiger partial charge in [-0.1, -0.05) is 17.7 Å². The first-order valence-corrected chi connectivity index (χ1v) is 9.28. The molecule has 26 heavy (non-hydrogen) atoms. The van der Waals surface area contributed by atoms with Gasteiger partial charge in [0.1, 0.15) is 17.2 Å². The number of fused-ring (bicyclic) bond motifs is 1. The summed E-state index contributed by atoms with van der Waals surface area (Å²) in [6, 6.07) is 9.57. The molecule has 3 rings (SSSR count). The van der Waals surface area contributed by atoms with Crippen LogP contribution in [0.15, 0.2) is 46.8 Å². The zero-order valence-corrected chi connectivity index (χ0v) is 15.7. The van der Waals surface area contributed by atoms with E-state index >= 15 is 0 Å². The molecule has 0 spiro atoms. The first-order valence-electron chi connectivity index (χ1n) is 8.40. The van der Waals surface area contributed by atoms with E-state index in [2.05, 4.69) is 4.98 Å². The first-order chi connectivity index (χ1) is 12.5. The fourth-order valence-corrected chi connectivity index (χ4v) is 3.24. The van der Waals surface area contributed by atoms with Crippen LogP contribution < -0.4 is 10.3 Å². The topological polar surface area (TPSA) is 64.4 Å². The van der Waals surface area contributed by atoms with Crippen molar-refractivity contribution in [2.45, 2.75) is 19.9 Å². The van der Waals surface area contributed by atoms with E-state index in [1.807, 2.05) is 36.6 Å². The first kappa shape index (κ1) is 18.1. The second-order valence-corrected chi connectivity index (χ2v) is 7.00. The van der Waals surface area contributed by atoms with Crippen molar-refractivity contribution in [3.05, 3.63) is 58.0 Å². The summed E-state index contributed by atoms with van der Waals surface area (Å²) in [5.41, 5.74) is 1.07. The molecule has 0 saturated heterocycles. The Hall–Kier alpha value is -2.67. The van der Waals surface area contributed by atoms with Crippen molar-refractivity contribution in [2.75, 3.05) is 20.2 Å². The van der Waals surface area contributed by atoms with Crippen LogP contribution in [0.5, 0.6) is 5.75 Å². The standard InChI is InChI=1S/C19H21N3O3S/c1-14-3-5-15(6-4-14)25-11-10-21(2)17(23)7-9-22-13-20-18-16(19(22)24)8-12-26-18/h3-6,8,12-13H,7,9-11H2,1-2H3. The van der Waals surface area contributed by atoms with E-state index in [1.54, 1.807) is 18.0 Å². The number of hydrogen-bond donors (Lipinski definition) is 0. The van der Waals surface area contributed by atoms with E-state index in [4.69, 9.17) is 4.74 Å². The van der Waals surface area contributed by atoms with Gasteiger partial charge in [-0.25, -0.2) is 4.98 Å². The lowest BCUT2D eigenvalue weighted by Crippen LogP contribution is -2.32. The number of aryl methyl sites for hydroxylation is 2. The predicted molar refractivity (Wildman–Crippen MR) is 103 cm³/mol. The minimum absolute atomic E-state index is 0.0326. The molecule has 3 aromatic rings. The van der Waals surface area contributed by atoms with Crippen LogP contribution in [-0.4, -0.2) is 40.6 Å². The number of carbonyl (C=O) groups is 1. The van der Waals surface area contributed by atoms with Crippen molar-refractivity contribution in [3.8, 4) is 5.75 Å².